The van der Waals surface area contributed by atoms with Gasteiger partial charge in [-0.15, -0.1) is 0 Å². The first-order valence-corrected chi connectivity index (χ1v) is 6.48. The first-order chi connectivity index (χ1) is 9.60. The van der Waals surface area contributed by atoms with Gasteiger partial charge in [-0.2, -0.15) is 0 Å². The lowest BCUT2D eigenvalue weighted by atomic mass is 10.1. The number of carbonyl (C=O) groups excluding carboxylic acids is 1. The molecule has 20 heavy (non-hydrogen) atoms. The molecule has 3 N–H and O–H groups in total. The molecule has 0 unspecified atom stereocenters. The van der Waals surface area contributed by atoms with Gasteiger partial charge in [-0.3, -0.25) is 10.2 Å². The van der Waals surface area contributed by atoms with Crippen molar-refractivity contribution in [1.29, 1.82) is 0 Å². The quantitative estimate of drug-likeness (QED) is 0.508. The van der Waals surface area contributed by atoms with Crippen LogP contribution < -0.4 is 16.2 Å². The summed E-state index contributed by atoms with van der Waals surface area (Å²) >= 11 is 0. The zero-order chi connectivity index (χ0) is 14.5. The van der Waals surface area contributed by atoms with Gasteiger partial charge in [0, 0.05) is 24.8 Å². The van der Waals surface area contributed by atoms with Crippen LogP contribution in [-0.4, -0.2) is 13.0 Å². The van der Waals surface area contributed by atoms with Crippen LogP contribution in [0.1, 0.15) is 21.5 Å². The summed E-state index contributed by atoms with van der Waals surface area (Å²) < 4.78 is 0. The van der Waals surface area contributed by atoms with E-state index in [1.807, 2.05) is 25.2 Å². The molecule has 0 saturated heterocycles. The number of hydrazine groups is 1. The molecule has 2 rings (SSSR count). The van der Waals surface area contributed by atoms with Crippen molar-refractivity contribution in [3.05, 3.63) is 65.2 Å². The number of nitrogens with zero attached hydrogens (tertiary/aromatic N) is 1. The molecule has 0 radical (unpaired) electrons. The summed E-state index contributed by atoms with van der Waals surface area (Å²) in [5.74, 6) is 4.88. The van der Waals surface area contributed by atoms with Crippen LogP contribution in [0, 0.1) is 6.92 Å². The van der Waals surface area contributed by atoms with E-state index in [1.54, 1.807) is 6.07 Å². The second kappa shape index (κ2) is 6.21. The number of hydrogen-bond donors (Lipinski definition) is 2. The van der Waals surface area contributed by atoms with Gasteiger partial charge in [0.05, 0.1) is 0 Å². The number of nitrogens with one attached hydrogen (secondary N) is 1. The number of amides is 1. The Morgan fingerprint density at radius 3 is 2.55 bits per heavy atom. The number of hydrogen-bond acceptors (Lipinski definition) is 3. The number of nitrogen functional groups attached to an aromatic ring is 1. The van der Waals surface area contributed by atoms with Crippen molar-refractivity contribution in [3.63, 3.8) is 0 Å². The van der Waals surface area contributed by atoms with Crippen LogP contribution in [0.15, 0.2) is 48.5 Å². The van der Waals surface area contributed by atoms with E-state index in [2.05, 4.69) is 41.5 Å². The Morgan fingerprint density at radius 2 is 1.90 bits per heavy atom. The molecule has 2 aromatic carbocycles. The molecule has 0 atom stereocenters. The lowest BCUT2D eigenvalue weighted by Crippen LogP contribution is -2.30. The number of benzene rings is 2. The Hall–Kier alpha value is -2.33. The fraction of sp³-hybridized carbons (Fsp3) is 0.188. The van der Waals surface area contributed by atoms with E-state index < -0.39 is 0 Å². The van der Waals surface area contributed by atoms with Gasteiger partial charge < -0.3 is 4.90 Å². The van der Waals surface area contributed by atoms with Gasteiger partial charge in [0.25, 0.3) is 5.91 Å². The Bertz CT molecular complexity index is 593. The Labute approximate surface area is 119 Å². The lowest BCUT2D eigenvalue weighted by Gasteiger charge is -2.20. The summed E-state index contributed by atoms with van der Waals surface area (Å²) in [7, 11) is 2.03. The van der Waals surface area contributed by atoms with E-state index in [9.17, 15) is 4.79 Å². The molecular weight excluding hydrogens is 250 g/mol. The lowest BCUT2D eigenvalue weighted by molar-refractivity contribution is 0.0953. The third-order valence-electron chi connectivity index (χ3n) is 3.21. The Morgan fingerprint density at radius 1 is 1.20 bits per heavy atom. The standard InChI is InChI=1S/C16H19N3O/c1-12-6-8-15(9-7-12)19(2)11-13-4-3-5-14(10-13)16(20)18-17/h3-10H,11,17H2,1-2H3,(H,18,20). The number of rotatable bonds is 4. The highest BCUT2D eigenvalue weighted by atomic mass is 16.2. The van der Waals surface area contributed by atoms with E-state index in [0.29, 0.717) is 5.56 Å². The molecule has 0 aliphatic heterocycles. The van der Waals surface area contributed by atoms with Gasteiger partial charge in [0.2, 0.25) is 0 Å². The first-order valence-electron chi connectivity index (χ1n) is 6.48. The molecule has 0 aliphatic carbocycles. The predicted molar refractivity (Wildman–Crippen MR) is 81.4 cm³/mol. The van der Waals surface area contributed by atoms with Crippen molar-refractivity contribution >= 4 is 11.6 Å². The maximum absolute atomic E-state index is 11.5. The normalized spacial score (nSPS) is 10.2. The Kier molecular flexibility index (Phi) is 4.38. The number of anilines is 1. The van der Waals surface area contributed by atoms with Gasteiger partial charge in [-0.1, -0.05) is 29.8 Å². The average molecular weight is 269 g/mol. The summed E-state index contributed by atoms with van der Waals surface area (Å²) in [5.41, 5.74) is 6.17. The number of nitrogens with two attached hydrogens (primary N) is 1. The second-order valence-electron chi connectivity index (χ2n) is 4.87. The monoisotopic (exact) mass is 269 g/mol. The maximum Gasteiger partial charge on any atom is 0.265 e. The van der Waals surface area contributed by atoms with Crippen molar-refractivity contribution in [3.8, 4) is 0 Å². The SMILES string of the molecule is Cc1ccc(N(C)Cc2cccc(C(=O)NN)c2)cc1. The van der Waals surface area contributed by atoms with Crippen LogP contribution in [-0.2, 0) is 6.54 Å². The van der Waals surface area contributed by atoms with Crippen LogP contribution in [0.4, 0.5) is 5.69 Å². The number of aryl methyl sites for hydroxylation is 1. The fourth-order valence-corrected chi connectivity index (χ4v) is 2.06. The number of carbonyl (C=O) groups is 1. The predicted octanol–water partition coefficient (Wildman–Crippen LogP) is 2.23. The van der Waals surface area contributed by atoms with Gasteiger partial charge in [-0.05, 0) is 36.8 Å². The minimum atomic E-state index is -0.273. The van der Waals surface area contributed by atoms with Crippen LogP contribution in [0.5, 0.6) is 0 Å². The highest BCUT2D eigenvalue weighted by Gasteiger charge is 2.06. The van der Waals surface area contributed by atoms with Crippen molar-refractivity contribution in [2.24, 2.45) is 5.84 Å². The molecule has 1 amide bonds. The van der Waals surface area contributed by atoms with Crippen molar-refractivity contribution in [2.45, 2.75) is 13.5 Å². The Balaban J connectivity index is 2.13. The molecule has 0 spiro atoms. The van der Waals surface area contributed by atoms with E-state index in [-0.39, 0.29) is 5.91 Å². The summed E-state index contributed by atoms with van der Waals surface area (Å²) in [6.45, 7) is 2.80. The van der Waals surface area contributed by atoms with Crippen molar-refractivity contribution in [2.75, 3.05) is 11.9 Å². The zero-order valence-electron chi connectivity index (χ0n) is 11.8. The van der Waals surface area contributed by atoms with E-state index in [4.69, 9.17) is 5.84 Å². The van der Waals surface area contributed by atoms with Gasteiger partial charge in [0.1, 0.15) is 0 Å². The summed E-state index contributed by atoms with van der Waals surface area (Å²) in [6.07, 6.45) is 0. The zero-order valence-corrected chi connectivity index (χ0v) is 11.8. The summed E-state index contributed by atoms with van der Waals surface area (Å²) in [4.78, 5) is 13.6. The van der Waals surface area contributed by atoms with Gasteiger partial charge >= 0.3 is 0 Å². The first kappa shape index (κ1) is 14.1. The van der Waals surface area contributed by atoms with Gasteiger partial charge in [-0.25, -0.2) is 5.84 Å². The summed E-state index contributed by atoms with van der Waals surface area (Å²) in [6, 6.07) is 15.8. The molecule has 2 aromatic rings. The molecule has 4 nitrogen and oxygen atoms in total. The topological polar surface area (TPSA) is 58.4 Å². The minimum absolute atomic E-state index is 0.273. The molecule has 0 saturated carbocycles. The van der Waals surface area contributed by atoms with Crippen molar-refractivity contribution < 1.29 is 4.79 Å². The third-order valence-corrected chi connectivity index (χ3v) is 3.21. The minimum Gasteiger partial charge on any atom is -0.370 e. The molecular formula is C16H19N3O. The molecule has 0 heterocycles. The molecule has 0 aromatic heterocycles. The second-order valence-corrected chi connectivity index (χ2v) is 4.87. The molecule has 0 bridgehead atoms. The molecule has 0 aliphatic rings. The van der Waals surface area contributed by atoms with Crippen LogP contribution in [0.3, 0.4) is 0 Å². The van der Waals surface area contributed by atoms with E-state index >= 15 is 0 Å². The van der Waals surface area contributed by atoms with Gasteiger partial charge in [0.15, 0.2) is 0 Å². The smallest absolute Gasteiger partial charge is 0.265 e. The molecule has 4 heteroatoms. The highest BCUT2D eigenvalue weighted by Crippen LogP contribution is 2.16. The molecule has 0 fully saturated rings. The summed E-state index contributed by atoms with van der Waals surface area (Å²) in [5, 5.41) is 0. The van der Waals surface area contributed by atoms with Crippen LogP contribution in [0.2, 0.25) is 0 Å². The third kappa shape index (κ3) is 3.36. The van der Waals surface area contributed by atoms with Crippen molar-refractivity contribution in [1.82, 2.24) is 5.43 Å². The largest absolute Gasteiger partial charge is 0.370 e. The van der Waals surface area contributed by atoms with Crippen LogP contribution in [0.25, 0.3) is 0 Å². The molecule has 104 valence electrons. The highest BCUT2D eigenvalue weighted by molar-refractivity contribution is 5.93. The maximum atomic E-state index is 11.5. The van der Waals surface area contributed by atoms with Crippen LogP contribution >= 0.6 is 0 Å². The average Bonchev–Trinajstić information content (AvgIpc) is 2.47. The van der Waals surface area contributed by atoms with E-state index in [1.165, 1.54) is 5.56 Å². The fourth-order valence-electron chi connectivity index (χ4n) is 2.06. The van der Waals surface area contributed by atoms with E-state index in [0.717, 1.165) is 17.8 Å².